The molecule has 10 heteroatoms. The van der Waals surface area contributed by atoms with Crippen LogP contribution in [0.2, 0.25) is 10.0 Å². The molecule has 0 bridgehead atoms. The lowest BCUT2D eigenvalue weighted by Crippen LogP contribution is -2.47. The van der Waals surface area contributed by atoms with Crippen LogP contribution in [0.25, 0.3) is 0 Å². The number of halogens is 2. The smallest absolute Gasteiger partial charge is 0.333 e. The lowest BCUT2D eigenvalue weighted by Gasteiger charge is -2.28. The third-order valence-electron chi connectivity index (χ3n) is 6.75. The predicted molar refractivity (Wildman–Crippen MR) is 156 cm³/mol. The minimum Gasteiger partial charge on any atom is -0.492 e. The Bertz CT molecular complexity index is 1040. The van der Waals surface area contributed by atoms with Crippen molar-refractivity contribution in [1.82, 2.24) is 10.2 Å². The van der Waals surface area contributed by atoms with Gasteiger partial charge in [0.15, 0.2) is 6.10 Å². The van der Waals surface area contributed by atoms with E-state index in [0.29, 0.717) is 61.7 Å². The number of urea groups is 1. The Morgan fingerprint density at radius 3 is 2.35 bits per heavy atom. The Labute approximate surface area is 246 Å². The van der Waals surface area contributed by atoms with E-state index in [1.807, 2.05) is 36.4 Å². The number of benzene rings is 2. The Morgan fingerprint density at radius 1 is 1.00 bits per heavy atom. The third-order valence-corrected chi connectivity index (χ3v) is 7.18. The summed E-state index contributed by atoms with van der Waals surface area (Å²) >= 11 is 12.1. The van der Waals surface area contributed by atoms with Gasteiger partial charge >= 0.3 is 12.0 Å². The molecular weight excluding hydrogens is 555 g/mol. The van der Waals surface area contributed by atoms with Crippen molar-refractivity contribution < 1.29 is 28.9 Å². The number of nitrogens with one attached hydrogen (secondary N) is 1. The second kappa shape index (κ2) is 17.3. The van der Waals surface area contributed by atoms with Crippen molar-refractivity contribution in [2.45, 2.75) is 70.6 Å². The number of hydrogen-bond acceptors (Lipinski definition) is 5. The molecule has 0 heterocycles. The van der Waals surface area contributed by atoms with Crippen LogP contribution in [-0.2, 0) is 27.3 Å². The molecule has 2 amide bonds. The Hall–Kier alpha value is -2.52. The number of carboxylic acids is 1. The zero-order valence-corrected chi connectivity index (χ0v) is 24.6. The summed E-state index contributed by atoms with van der Waals surface area (Å²) in [7, 11) is 0. The first-order valence-corrected chi connectivity index (χ1v) is 14.7. The predicted octanol–water partition coefficient (Wildman–Crippen LogP) is 6.36. The van der Waals surface area contributed by atoms with E-state index in [2.05, 4.69) is 5.32 Å². The van der Waals surface area contributed by atoms with Crippen LogP contribution in [-0.4, -0.2) is 67.1 Å². The maximum atomic E-state index is 13.1. The zero-order valence-electron chi connectivity index (χ0n) is 23.1. The van der Waals surface area contributed by atoms with E-state index in [1.165, 1.54) is 6.42 Å². The zero-order chi connectivity index (χ0) is 28.7. The van der Waals surface area contributed by atoms with Gasteiger partial charge in [-0.2, -0.15) is 0 Å². The van der Waals surface area contributed by atoms with Gasteiger partial charge < -0.3 is 29.5 Å². The summed E-state index contributed by atoms with van der Waals surface area (Å²) in [6, 6.07) is 12.8. The molecule has 1 aliphatic carbocycles. The van der Waals surface area contributed by atoms with E-state index >= 15 is 0 Å². The SMILES string of the molecule is CCOC(Cc1ccc(OCCN(CCCOCc2cc(Cl)cc(Cl)c2)C(=O)NC2CCCCC2)cc1)C(=O)O. The monoisotopic (exact) mass is 594 g/mol. The fraction of sp³-hybridized carbons (Fsp3) is 0.533. The van der Waals surface area contributed by atoms with Crippen LogP contribution in [0.5, 0.6) is 5.75 Å². The molecular formula is C30H40Cl2N2O6. The highest BCUT2D eigenvalue weighted by Gasteiger charge is 2.20. The Kier molecular flexibility index (Phi) is 13.9. The van der Waals surface area contributed by atoms with Gasteiger partial charge in [0, 0.05) is 42.3 Å². The van der Waals surface area contributed by atoms with Crippen LogP contribution in [0.1, 0.15) is 56.6 Å². The molecule has 2 aromatic carbocycles. The van der Waals surface area contributed by atoms with Crippen molar-refractivity contribution in [3.05, 3.63) is 63.6 Å². The summed E-state index contributed by atoms with van der Waals surface area (Å²) in [5, 5.41) is 13.6. The summed E-state index contributed by atoms with van der Waals surface area (Å²) in [6.07, 6.45) is 5.61. The number of rotatable bonds is 16. The molecule has 0 spiro atoms. The topological polar surface area (TPSA) is 97.3 Å². The standard InChI is InChI=1S/C30H40Cl2N2O6/c1-2-39-28(29(35)36)19-22-9-11-27(12-10-22)40-16-14-34(30(37)33-26-7-4-3-5-8-26)13-6-15-38-21-23-17-24(31)20-25(32)18-23/h9-12,17-18,20,26,28H,2-8,13-16,19,21H2,1H3,(H,33,37)(H,35,36). The number of nitrogens with zero attached hydrogens (tertiary/aromatic N) is 1. The average molecular weight is 596 g/mol. The molecule has 1 saturated carbocycles. The molecule has 0 aromatic heterocycles. The van der Waals surface area contributed by atoms with E-state index in [9.17, 15) is 14.7 Å². The van der Waals surface area contributed by atoms with Crippen LogP contribution in [0.3, 0.4) is 0 Å². The third kappa shape index (κ3) is 11.5. The molecule has 8 nitrogen and oxygen atoms in total. The fourth-order valence-electron chi connectivity index (χ4n) is 4.70. The van der Waals surface area contributed by atoms with Gasteiger partial charge in [-0.25, -0.2) is 9.59 Å². The van der Waals surface area contributed by atoms with Gasteiger partial charge in [-0.3, -0.25) is 0 Å². The van der Waals surface area contributed by atoms with Crippen molar-refractivity contribution >= 4 is 35.2 Å². The average Bonchev–Trinajstić information content (AvgIpc) is 2.92. The van der Waals surface area contributed by atoms with Gasteiger partial charge in [-0.05, 0) is 67.6 Å². The van der Waals surface area contributed by atoms with Crippen molar-refractivity contribution in [3.63, 3.8) is 0 Å². The number of carboxylic acid groups (broad SMARTS) is 1. The highest BCUT2D eigenvalue weighted by Crippen LogP contribution is 2.20. The van der Waals surface area contributed by atoms with Gasteiger partial charge in [0.05, 0.1) is 13.2 Å². The lowest BCUT2D eigenvalue weighted by atomic mass is 9.96. The summed E-state index contributed by atoms with van der Waals surface area (Å²) in [5.74, 6) is -0.323. The first-order valence-electron chi connectivity index (χ1n) is 14.0. The maximum absolute atomic E-state index is 13.1. The maximum Gasteiger partial charge on any atom is 0.333 e. The van der Waals surface area contributed by atoms with Gasteiger partial charge in [0.1, 0.15) is 12.4 Å². The van der Waals surface area contributed by atoms with Crippen molar-refractivity contribution in [2.24, 2.45) is 0 Å². The molecule has 1 fully saturated rings. The minimum atomic E-state index is -0.979. The van der Waals surface area contributed by atoms with Crippen molar-refractivity contribution in [3.8, 4) is 5.75 Å². The first-order chi connectivity index (χ1) is 19.3. The highest BCUT2D eigenvalue weighted by atomic mass is 35.5. The number of hydrogen-bond donors (Lipinski definition) is 2. The second-order valence-electron chi connectivity index (χ2n) is 9.93. The van der Waals surface area contributed by atoms with Crippen LogP contribution in [0.4, 0.5) is 4.79 Å². The largest absolute Gasteiger partial charge is 0.492 e. The quantitative estimate of drug-likeness (QED) is 0.220. The van der Waals surface area contributed by atoms with Crippen LogP contribution >= 0.6 is 23.2 Å². The Morgan fingerprint density at radius 2 is 1.70 bits per heavy atom. The highest BCUT2D eigenvalue weighted by molar-refractivity contribution is 6.34. The number of amides is 2. The molecule has 0 saturated heterocycles. The van der Waals surface area contributed by atoms with E-state index in [0.717, 1.165) is 36.8 Å². The molecule has 1 atom stereocenters. The van der Waals surface area contributed by atoms with Gasteiger partial charge in [-0.1, -0.05) is 54.6 Å². The fourth-order valence-corrected chi connectivity index (χ4v) is 5.27. The molecule has 0 aliphatic heterocycles. The van der Waals surface area contributed by atoms with E-state index in [4.69, 9.17) is 37.4 Å². The van der Waals surface area contributed by atoms with Crippen molar-refractivity contribution in [1.29, 1.82) is 0 Å². The minimum absolute atomic E-state index is 0.0805. The summed E-state index contributed by atoms with van der Waals surface area (Å²) in [4.78, 5) is 26.2. The Balaban J connectivity index is 1.48. The normalized spacial score (nSPS) is 14.5. The summed E-state index contributed by atoms with van der Waals surface area (Å²) in [5.41, 5.74) is 1.75. The summed E-state index contributed by atoms with van der Waals surface area (Å²) < 4.78 is 17.0. The molecule has 3 rings (SSSR count). The second-order valence-corrected chi connectivity index (χ2v) is 10.8. The lowest BCUT2D eigenvalue weighted by molar-refractivity contribution is -0.149. The van der Waals surface area contributed by atoms with Gasteiger partial charge in [0.25, 0.3) is 0 Å². The number of aliphatic carboxylic acids is 1. The molecule has 0 radical (unpaired) electrons. The number of carbonyl (C=O) groups is 2. The van der Waals surface area contributed by atoms with Gasteiger partial charge in [-0.15, -0.1) is 0 Å². The van der Waals surface area contributed by atoms with E-state index < -0.39 is 12.1 Å². The number of carbonyl (C=O) groups excluding carboxylic acids is 1. The summed E-state index contributed by atoms with van der Waals surface area (Å²) in [6.45, 7) is 4.28. The van der Waals surface area contributed by atoms with Crippen LogP contribution < -0.4 is 10.1 Å². The van der Waals surface area contributed by atoms with E-state index in [-0.39, 0.29) is 18.5 Å². The van der Waals surface area contributed by atoms with Crippen LogP contribution in [0.15, 0.2) is 42.5 Å². The molecule has 1 unspecified atom stereocenters. The molecule has 2 N–H and O–H groups in total. The molecule has 40 heavy (non-hydrogen) atoms. The molecule has 2 aromatic rings. The molecule has 1 aliphatic rings. The van der Waals surface area contributed by atoms with Gasteiger partial charge in [0.2, 0.25) is 0 Å². The van der Waals surface area contributed by atoms with Crippen LogP contribution in [0, 0.1) is 0 Å². The molecule has 220 valence electrons. The first kappa shape index (κ1) is 32.0. The number of ether oxygens (including phenoxy) is 3. The van der Waals surface area contributed by atoms with E-state index in [1.54, 1.807) is 17.9 Å². The van der Waals surface area contributed by atoms with Crippen molar-refractivity contribution in [2.75, 3.05) is 32.9 Å².